The molecule has 0 aromatic heterocycles. The van der Waals surface area contributed by atoms with Crippen LogP contribution in [0.25, 0.3) is 0 Å². The van der Waals surface area contributed by atoms with Crippen LogP contribution in [0.15, 0.2) is 83.9 Å². The SMILES string of the molecule is CC(N=Cc1cc([N+](=O)[O-])ccc1O)C(O)(c1ccccc1)c1ccccc1. The quantitative estimate of drug-likeness (QED) is 0.385. The van der Waals surface area contributed by atoms with Crippen molar-refractivity contribution < 1.29 is 15.1 Å². The summed E-state index contributed by atoms with van der Waals surface area (Å²) in [4.78, 5) is 14.9. The highest BCUT2D eigenvalue weighted by molar-refractivity contribution is 5.84. The molecule has 1 unspecified atom stereocenters. The van der Waals surface area contributed by atoms with E-state index >= 15 is 0 Å². The van der Waals surface area contributed by atoms with Crippen molar-refractivity contribution in [1.29, 1.82) is 0 Å². The van der Waals surface area contributed by atoms with E-state index in [9.17, 15) is 20.3 Å². The number of nitro groups is 1. The van der Waals surface area contributed by atoms with E-state index in [1.165, 1.54) is 24.4 Å². The third-order valence-electron chi connectivity index (χ3n) is 4.69. The first-order chi connectivity index (χ1) is 13.4. The average molecular weight is 376 g/mol. The molecular weight excluding hydrogens is 356 g/mol. The molecule has 0 heterocycles. The highest BCUT2D eigenvalue weighted by Crippen LogP contribution is 2.34. The van der Waals surface area contributed by atoms with Gasteiger partial charge in [-0.05, 0) is 24.1 Å². The number of benzene rings is 3. The lowest BCUT2D eigenvalue weighted by Crippen LogP contribution is -2.38. The summed E-state index contributed by atoms with van der Waals surface area (Å²) in [6.45, 7) is 1.75. The number of aromatic hydroxyl groups is 1. The molecule has 3 aromatic carbocycles. The number of nitro benzene ring substituents is 1. The molecule has 142 valence electrons. The minimum absolute atomic E-state index is 0.121. The summed E-state index contributed by atoms with van der Waals surface area (Å²) in [5.41, 5.74) is 0.0102. The summed E-state index contributed by atoms with van der Waals surface area (Å²) in [5, 5.41) is 32.6. The van der Waals surface area contributed by atoms with Crippen molar-refractivity contribution in [2.24, 2.45) is 4.99 Å². The molecule has 0 radical (unpaired) electrons. The number of aliphatic hydroxyl groups is 1. The van der Waals surface area contributed by atoms with Gasteiger partial charge in [-0.25, -0.2) is 0 Å². The van der Waals surface area contributed by atoms with E-state index in [1.54, 1.807) is 6.92 Å². The topological polar surface area (TPSA) is 96.0 Å². The van der Waals surface area contributed by atoms with Gasteiger partial charge in [0, 0.05) is 23.9 Å². The number of rotatable bonds is 6. The lowest BCUT2D eigenvalue weighted by atomic mass is 9.81. The Kier molecular flexibility index (Phi) is 5.52. The number of non-ortho nitro benzene ring substituents is 1. The molecular formula is C22H20N2O4. The molecule has 1 atom stereocenters. The number of nitrogens with zero attached hydrogens (tertiary/aromatic N) is 2. The molecule has 0 fully saturated rings. The molecule has 6 heteroatoms. The zero-order valence-electron chi connectivity index (χ0n) is 15.3. The summed E-state index contributed by atoms with van der Waals surface area (Å²) >= 11 is 0. The van der Waals surface area contributed by atoms with E-state index < -0.39 is 16.6 Å². The lowest BCUT2D eigenvalue weighted by molar-refractivity contribution is -0.384. The minimum Gasteiger partial charge on any atom is -0.507 e. The second-order valence-electron chi connectivity index (χ2n) is 6.45. The van der Waals surface area contributed by atoms with Gasteiger partial charge in [-0.15, -0.1) is 0 Å². The fourth-order valence-corrected chi connectivity index (χ4v) is 3.09. The molecule has 3 aromatic rings. The molecule has 28 heavy (non-hydrogen) atoms. The monoisotopic (exact) mass is 376 g/mol. The fraction of sp³-hybridized carbons (Fsp3) is 0.136. The summed E-state index contributed by atoms with van der Waals surface area (Å²) < 4.78 is 0. The van der Waals surface area contributed by atoms with Crippen molar-refractivity contribution in [1.82, 2.24) is 0 Å². The van der Waals surface area contributed by atoms with Crippen LogP contribution >= 0.6 is 0 Å². The van der Waals surface area contributed by atoms with E-state index in [-0.39, 0.29) is 17.0 Å². The van der Waals surface area contributed by atoms with Gasteiger partial charge in [-0.1, -0.05) is 60.7 Å². The second-order valence-corrected chi connectivity index (χ2v) is 6.45. The molecule has 0 amide bonds. The van der Waals surface area contributed by atoms with Gasteiger partial charge in [0.2, 0.25) is 0 Å². The van der Waals surface area contributed by atoms with Gasteiger partial charge in [0.05, 0.1) is 11.0 Å². The first kappa shape index (κ1) is 19.3. The third kappa shape index (κ3) is 3.77. The maximum absolute atomic E-state index is 11.6. The number of phenolic OH excluding ortho intramolecular Hbond substituents is 1. The fourth-order valence-electron chi connectivity index (χ4n) is 3.09. The van der Waals surface area contributed by atoms with Crippen LogP contribution in [0.2, 0.25) is 0 Å². The molecule has 0 bridgehead atoms. The van der Waals surface area contributed by atoms with Gasteiger partial charge in [0.25, 0.3) is 5.69 Å². The highest BCUT2D eigenvalue weighted by atomic mass is 16.6. The summed E-state index contributed by atoms with van der Waals surface area (Å²) in [6, 6.07) is 21.5. The standard InChI is InChI=1S/C22H20N2O4/c1-16(23-15-17-14-20(24(27)28)12-13-21(17)25)22(26,18-8-4-2-5-9-18)19-10-6-3-7-11-19/h2-16,25-26H,1H3. The van der Waals surface area contributed by atoms with Crippen molar-refractivity contribution in [3.8, 4) is 5.75 Å². The van der Waals surface area contributed by atoms with Crippen molar-refractivity contribution in [3.63, 3.8) is 0 Å². The molecule has 6 nitrogen and oxygen atoms in total. The first-order valence-corrected chi connectivity index (χ1v) is 8.77. The van der Waals surface area contributed by atoms with Crippen LogP contribution in [0.4, 0.5) is 5.69 Å². The van der Waals surface area contributed by atoms with Crippen LogP contribution in [0, 0.1) is 10.1 Å². The summed E-state index contributed by atoms with van der Waals surface area (Å²) in [5.74, 6) is -0.121. The van der Waals surface area contributed by atoms with Gasteiger partial charge in [-0.2, -0.15) is 0 Å². The van der Waals surface area contributed by atoms with Gasteiger partial charge >= 0.3 is 0 Å². The number of hydrogen-bond donors (Lipinski definition) is 2. The predicted molar refractivity (Wildman–Crippen MR) is 108 cm³/mol. The smallest absolute Gasteiger partial charge is 0.270 e. The predicted octanol–water partition coefficient (Wildman–Crippen LogP) is 4.04. The van der Waals surface area contributed by atoms with Crippen LogP contribution in [-0.2, 0) is 5.60 Å². The summed E-state index contributed by atoms with van der Waals surface area (Å²) in [7, 11) is 0. The van der Waals surface area contributed by atoms with E-state index in [0.29, 0.717) is 11.1 Å². The zero-order valence-corrected chi connectivity index (χ0v) is 15.3. The molecule has 0 spiro atoms. The Morgan fingerprint density at radius 3 is 2.04 bits per heavy atom. The highest BCUT2D eigenvalue weighted by Gasteiger charge is 2.37. The normalized spacial score (nSPS) is 12.8. The summed E-state index contributed by atoms with van der Waals surface area (Å²) in [6.07, 6.45) is 1.35. The van der Waals surface area contributed by atoms with Gasteiger partial charge < -0.3 is 10.2 Å². The largest absolute Gasteiger partial charge is 0.507 e. The van der Waals surface area contributed by atoms with Crippen LogP contribution in [0.1, 0.15) is 23.6 Å². The van der Waals surface area contributed by atoms with Crippen LogP contribution < -0.4 is 0 Å². The van der Waals surface area contributed by atoms with Crippen LogP contribution in [-0.4, -0.2) is 27.4 Å². The number of phenols is 1. The second kappa shape index (κ2) is 8.02. The maximum Gasteiger partial charge on any atom is 0.270 e. The Hall–Kier alpha value is -3.51. The molecule has 3 rings (SSSR count). The van der Waals surface area contributed by atoms with Gasteiger partial charge in [0.1, 0.15) is 11.4 Å². The zero-order chi connectivity index (χ0) is 20.1. The number of aliphatic imine (C=N–C) groups is 1. The molecule has 0 saturated carbocycles. The molecule has 2 N–H and O–H groups in total. The third-order valence-corrected chi connectivity index (χ3v) is 4.69. The van der Waals surface area contributed by atoms with Crippen LogP contribution in [0.5, 0.6) is 5.75 Å². The van der Waals surface area contributed by atoms with Crippen molar-refractivity contribution in [2.45, 2.75) is 18.6 Å². The average Bonchev–Trinajstić information content (AvgIpc) is 2.73. The van der Waals surface area contributed by atoms with E-state index in [1.807, 2.05) is 60.7 Å². The molecule has 0 aliphatic carbocycles. The maximum atomic E-state index is 11.6. The van der Waals surface area contributed by atoms with E-state index in [0.717, 1.165) is 0 Å². The Balaban J connectivity index is 2.02. The van der Waals surface area contributed by atoms with Crippen molar-refractivity contribution >= 4 is 11.9 Å². The van der Waals surface area contributed by atoms with Gasteiger partial charge in [-0.3, -0.25) is 15.1 Å². The molecule has 0 saturated heterocycles. The Bertz CT molecular complexity index is 948. The Morgan fingerprint density at radius 1 is 1.00 bits per heavy atom. The number of hydrogen-bond acceptors (Lipinski definition) is 5. The molecule has 0 aliphatic rings. The Morgan fingerprint density at radius 2 is 1.54 bits per heavy atom. The van der Waals surface area contributed by atoms with E-state index in [2.05, 4.69) is 4.99 Å². The van der Waals surface area contributed by atoms with E-state index in [4.69, 9.17) is 0 Å². The van der Waals surface area contributed by atoms with Crippen molar-refractivity contribution in [3.05, 3.63) is 106 Å². The van der Waals surface area contributed by atoms with Crippen LogP contribution in [0.3, 0.4) is 0 Å². The lowest BCUT2D eigenvalue weighted by Gasteiger charge is -2.33. The van der Waals surface area contributed by atoms with Gasteiger partial charge in [0.15, 0.2) is 0 Å². The Labute approximate surface area is 162 Å². The van der Waals surface area contributed by atoms with Crippen molar-refractivity contribution in [2.75, 3.05) is 0 Å². The molecule has 0 aliphatic heterocycles. The minimum atomic E-state index is -1.41. The first-order valence-electron chi connectivity index (χ1n) is 8.77.